The molecule has 0 saturated carbocycles. The van der Waals surface area contributed by atoms with Gasteiger partial charge in [-0.15, -0.1) is 0 Å². The predicted molar refractivity (Wildman–Crippen MR) is 49.6 cm³/mol. The summed E-state index contributed by atoms with van der Waals surface area (Å²) in [7, 11) is 2.20. The van der Waals surface area contributed by atoms with Crippen LogP contribution in [0.3, 0.4) is 0 Å². The lowest BCUT2D eigenvalue weighted by Gasteiger charge is -2.24. The van der Waals surface area contributed by atoms with E-state index in [4.69, 9.17) is 0 Å². The third-order valence-electron chi connectivity index (χ3n) is 3.01. The molecule has 0 bridgehead atoms. The van der Waals surface area contributed by atoms with Gasteiger partial charge < -0.3 is 5.32 Å². The molecule has 2 fully saturated rings. The summed E-state index contributed by atoms with van der Waals surface area (Å²) in [5.74, 6) is 0. The summed E-state index contributed by atoms with van der Waals surface area (Å²) >= 11 is 2.01. The summed E-state index contributed by atoms with van der Waals surface area (Å²) < 4.78 is 2.39. The van der Waals surface area contributed by atoms with Gasteiger partial charge in [-0.05, 0) is 20.0 Å². The number of nitrogens with zero attached hydrogens (tertiary/aromatic N) is 1. The van der Waals surface area contributed by atoms with Crippen LogP contribution in [0.25, 0.3) is 0 Å². The largest absolute Gasteiger partial charge is 0.316 e. The molecule has 0 aromatic rings. The van der Waals surface area contributed by atoms with Gasteiger partial charge in [0, 0.05) is 23.8 Å². The third kappa shape index (κ3) is 1.19. The number of rotatable bonds is 0. The van der Waals surface area contributed by atoms with Crippen LogP contribution in [0.1, 0.15) is 13.3 Å². The lowest BCUT2D eigenvalue weighted by atomic mass is 9.84. The maximum Gasteiger partial charge on any atom is 0.0248 e. The zero-order chi connectivity index (χ0) is 7.90. The van der Waals surface area contributed by atoms with E-state index in [0.717, 1.165) is 5.25 Å². The Bertz CT molecular complexity index is 154. The third-order valence-corrected chi connectivity index (χ3v) is 4.32. The molecule has 11 heavy (non-hydrogen) atoms. The molecule has 2 saturated heterocycles. The average Bonchev–Trinajstić information content (AvgIpc) is 2.45. The molecule has 1 N–H and O–H groups in total. The average molecular weight is 172 g/mol. The molecule has 2 unspecified atom stereocenters. The van der Waals surface area contributed by atoms with E-state index in [-0.39, 0.29) is 0 Å². The Hall–Kier alpha value is 0.270. The van der Waals surface area contributed by atoms with E-state index >= 15 is 0 Å². The van der Waals surface area contributed by atoms with Crippen LogP contribution in [0.5, 0.6) is 0 Å². The molecule has 2 heterocycles. The molecule has 0 aromatic heterocycles. The van der Waals surface area contributed by atoms with Crippen molar-refractivity contribution >= 4 is 11.9 Å². The second-order valence-corrected chi connectivity index (χ2v) is 5.36. The van der Waals surface area contributed by atoms with Gasteiger partial charge in [0.15, 0.2) is 0 Å². The van der Waals surface area contributed by atoms with Crippen LogP contribution in [0.15, 0.2) is 0 Å². The Kier molecular flexibility index (Phi) is 1.90. The molecular weight excluding hydrogens is 156 g/mol. The summed E-state index contributed by atoms with van der Waals surface area (Å²) in [6.07, 6.45) is 1.37. The van der Waals surface area contributed by atoms with E-state index in [2.05, 4.69) is 23.6 Å². The van der Waals surface area contributed by atoms with Crippen molar-refractivity contribution in [3.63, 3.8) is 0 Å². The van der Waals surface area contributed by atoms with E-state index in [0.29, 0.717) is 5.41 Å². The number of hydrogen-bond donors (Lipinski definition) is 1. The maximum atomic E-state index is 3.47. The van der Waals surface area contributed by atoms with Crippen molar-refractivity contribution < 1.29 is 0 Å². The van der Waals surface area contributed by atoms with Gasteiger partial charge >= 0.3 is 0 Å². The summed E-state index contributed by atoms with van der Waals surface area (Å²) in [5.41, 5.74) is 0.597. The minimum Gasteiger partial charge on any atom is -0.316 e. The predicted octanol–water partition coefficient (Wildman–Crippen LogP) is 0.948. The topological polar surface area (TPSA) is 15.3 Å². The molecule has 0 aromatic carbocycles. The van der Waals surface area contributed by atoms with Crippen LogP contribution in [0.2, 0.25) is 0 Å². The first-order valence-corrected chi connectivity index (χ1v) is 5.15. The van der Waals surface area contributed by atoms with E-state index in [1.165, 1.54) is 26.1 Å². The zero-order valence-corrected chi connectivity index (χ0v) is 8.08. The van der Waals surface area contributed by atoms with Crippen molar-refractivity contribution in [1.29, 1.82) is 0 Å². The molecule has 64 valence electrons. The normalized spacial score (nSPS) is 45.8. The van der Waals surface area contributed by atoms with Crippen molar-refractivity contribution in [3.8, 4) is 0 Å². The second kappa shape index (κ2) is 2.64. The quantitative estimate of drug-likeness (QED) is 0.548. The van der Waals surface area contributed by atoms with Gasteiger partial charge in [-0.1, -0.05) is 18.9 Å². The van der Waals surface area contributed by atoms with Gasteiger partial charge in [0.2, 0.25) is 0 Å². The molecule has 2 aliphatic heterocycles. The van der Waals surface area contributed by atoms with Crippen LogP contribution in [0, 0.1) is 5.41 Å². The molecular formula is C8H16N2S. The van der Waals surface area contributed by atoms with Gasteiger partial charge in [0.1, 0.15) is 0 Å². The number of nitrogens with one attached hydrogen (secondary N) is 1. The highest BCUT2D eigenvalue weighted by atomic mass is 32.2. The minimum atomic E-state index is 0.597. The molecule has 3 heteroatoms. The fourth-order valence-corrected chi connectivity index (χ4v) is 3.61. The molecule has 1 spiro atoms. The summed E-state index contributed by atoms with van der Waals surface area (Å²) in [6.45, 7) is 6.08. The lowest BCUT2D eigenvalue weighted by Crippen LogP contribution is -2.33. The summed E-state index contributed by atoms with van der Waals surface area (Å²) in [4.78, 5) is 0. The van der Waals surface area contributed by atoms with Crippen LogP contribution in [0.4, 0.5) is 0 Å². The van der Waals surface area contributed by atoms with Gasteiger partial charge in [-0.25, -0.2) is 0 Å². The van der Waals surface area contributed by atoms with Gasteiger partial charge in [0.05, 0.1) is 0 Å². The molecule has 0 amide bonds. The van der Waals surface area contributed by atoms with Crippen molar-refractivity contribution in [1.82, 2.24) is 9.62 Å². The van der Waals surface area contributed by atoms with Crippen molar-refractivity contribution in [2.24, 2.45) is 5.41 Å². The Labute approximate surface area is 72.9 Å². The lowest BCUT2D eigenvalue weighted by molar-refractivity contribution is 0.298. The molecule has 0 radical (unpaired) electrons. The fraction of sp³-hybridized carbons (Fsp3) is 1.00. The first kappa shape index (κ1) is 7.90. The Morgan fingerprint density at radius 3 is 2.91 bits per heavy atom. The van der Waals surface area contributed by atoms with E-state index in [9.17, 15) is 0 Å². The molecule has 0 aliphatic carbocycles. The van der Waals surface area contributed by atoms with Gasteiger partial charge in [-0.3, -0.25) is 4.31 Å². The summed E-state index contributed by atoms with van der Waals surface area (Å²) in [5, 5.41) is 4.27. The zero-order valence-electron chi connectivity index (χ0n) is 7.26. The minimum absolute atomic E-state index is 0.597. The van der Waals surface area contributed by atoms with Crippen LogP contribution >= 0.6 is 11.9 Å². The monoisotopic (exact) mass is 172 g/mol. The smallest absolute Gasteiger partial charge is 0.0248 e. The molecule has 2 nitrogen and oxygen atoms in total. The maximum absolute atomic E-state index is 3.47. The van der Waals surface area contributed by atoms with Crippen molar-refractivity contribution in [2.75, 3.05) is 26.7 Å². The first-order chi connectivity index (χ1) is 5.23. The number of hydrogen-bond acceptors (Lipinski definition) is 3. The Morgan fingerprint density at radius 2 is 2.45 bits per heavy atom. The Balaban J connectivity index is 2.12. The highest BCUT2D eigenvalue weighted by Gasteiger charge is 2.45. The summed E-state index contributed by atoms with van der Waals surface area (Å²) in [6, 6.07) is 0. The van der Waals surface area contributed by atoms with Crippen LogP contribution in [-0.4, -0.2) is 36.2 Å². The van der Waals surface area contributed by atoms with E-state index < -0.39 is 0 Å². The van der Waals surface area contributed by atoms with E-state index in [1.807, 2.05) is 11.9 Å². The molecule has 2 rings (SSSR count). The first-order valence-electron chi connectivity index (χ1n) is 4.32. The Morgan fingerprint density at radius 1 is 1.64 bits per heavy atom. The highest BCUT2D eigenvalue weighted by molar-refractivity contribution is 7.97. The van der Waals surface area contributed by atoms with Crippen molar-refractivity contribution in [3.05, 3.63) is 0 Å². The molecule has 2 aliphatic rings. The van der Waals surface area contributed by atoms with Crippen molar-refractivity contribution in [2.45, 2.75) is 18.6 Å². The van der Waals surface area contributed by atoms with E-state index in [1.54, 1.807) is 0 Å². The van der Waals surface area contributed by atoms with Gasteiger partial charge in [-0.2, -0.15) is 0 Å². The van der Waals surface area contributed by atoms with Crippen LogP contribution < -0.4 is 5.32 Å². The standard InChI is InChI=1S/C8H16N2S/c1-7-8(3-4-9-5-8)6-10(2)11-7/h7,9H,3-6H2,1-2H3. The fourth-order valence-electron chi connectivity index (χ4n) is 2.24. The highest BCUT2D eigenvalue weighted by Crippen LogP contribution is 2.44. The van der Waals surface area contributed by atoms with Crippen LogP contribution in [-0.2, 0) is 0 Å². The molecule has 2 atom stereocenters. The van der Waals surface area contributed by atoms with Gasteiger partial charge in [0.25, 0.3) is 0 Å². The second-order valence-electron chi connectivity index (χ2n) is 3.82. The SMILES string of the molecule is CC1SN(C)CC12CCNC2.